The number of ketones is 1. The van der Waals surface area contributed by atoms with Crippen molar-refractivity contribution in [1.82, 2.24) is 19.8 Å². The molecule has 4 rings (SSSR count). The van der Waals surface area contributed by atoms with E-state index < -0.39 is 17.6 Å². The molecule has 8 nitrogen and oxygen atoms in total. The van der Waals surface area contributed by atoms with Crippen molar-refractivity contribution < 1.29 is 14.7 Å². The molecule has 1 amide bonds. The number of carbonyl (C=O) groups is 2. The summed E-state index contributed by atoms with van der Waals surface area (Å²) in [6, 6.07) is 16.6. The molecule has 0 radical (unpaired) electrons. The second kappa shape index (κ2) is 11.4. The van der Waals surface area contributed by atoms with E-state index in [1.807, 2.05) is 32.0 Å². The van der Waals surface area contributed by atoms with Crippen LogP contribution in [0.1, 0.15) is 37.8 Å². The average Bonchev–Trinajstić information content (AvgIpc) is 3.01. The Bertz CT molecular complexity index is 1260. The van der Waals surface area contributed by atoms with Crippen LogP contribution in [0.3, 0.4) is 0 Å². The van der Waals surface area contributed by atoms with Crippen molar-refractivity contribution in [2.45, 2.75) is 52.2 Å². The number of carbonyl (C=O) groups excluding carboxylic acids is 2. The van der Waals surface area contributed by atoms with Crippen LogP contribution in [0.5, 0.6) is 5.88 Å². The van der Waals surface area contributed by atoms with Gasteiger partial charge in [-0.25, -0.2) is 4.79 Å². The Balaban J connectivity index is 1.44. The molecule has 0 saturated carbocycles. The number of Topliss-reactive ketones (excluding diaryl/α,β-unsaturated/α-hetero) is 1. The lowest BCUT2D eigenvalue weighted by atomic mass is 9.99. The number of nitrogens with one attached hydrogen (secondary N) is 2. The van der Waals surface area contributed by atoms with Crippen LogP contribution < -0.4 is 11.0 Å². The second-order valence-electron chi connectivity index (χ2n) is 9.88. The van der Waals surface area contributed by atoms with E-state index >= 15 is 0 Å². The van der Waals surface area contributed by atoms with Crippen molar-refractivity contribution in [2.75, 3.05) is 13.1 Å². The number of hydrogen-bond acceptors (Lipinski definition) is 5. The summed E-state index contributed by atoms with van der Waals surface area (Å²) < 4.78 is 0.986. The Labute approximate surface area is 211 Å². The number of nitrogens with zero attached hydrogens (tertiary/aromatic N) is 2. The SMILES string of the molecule is CC(C)C[C@H](NC(=O)Cn1c(O)c(-c2ccccc2)[nH]c1=O)C(=O)CN1CCCc2ccccc2C1. The molecule has 2 heterocycles. The van der Waals surface area contributed by atoms with E-state index in [2.05, 4.69) is 27.3 Å². The number of benzene rings is 2. The van der Waals surface area contributed by atoms with Crippen molar-refractivity contribution in [1.29, 1.82) is 0 Å². The summed E-state index contributed by atoms with van der Waals surface area (Å²) in [6.45, 7) is 5.40. The molecule has 1 aromatic heterocycles. The van der Waals surface area contributed by atoms with Crippen molar-refractivity contribution in [3.63, 3.8) is 0 Å². The topological polar surface area (TPSA) is 107 Å². The summed E-state index contributed by atoms with van der Waals surface area (Å²) in [5, 5.41) is 13.4. The first-order valence-electron chi connectivity index (χ1n) is 12.5. The van der Waals surface area contributed by atoms with Gasteiger partial charge in [0.25, 0.3) is 0 Å². The predicted octanol–water partition coefficient (Wildman–Crippen LogP) is 3.10. The number of rotatable bonds is 9. The number of imidazole rings is 1. The number of fused-ring (bicyclic) bond motifs is 1. The van der Waals surface area contributed by atoms with E-state index in [4.69, 9.17) is 0 Å². The lowest BCUT2D eigenvalue weighted by Gasteiger charge is -2.25. The van der Waals surface area contributed by atoms with Crippen molar-refractivity contribution in [2.24, 2.45) is 5.92 Å². The first kappa shape index (κ1) is 25.4. The predicted molar refractivity (Wildman–Crippen MR) is 139 cm³/mol. The second-order valence-corrected chi connectivity index (χ2v) is 9.88. The first-order chi connectivity index (χ1) is 17.3. The summed E-state index contributed by atoms with van der Waals surface area (Å²) in [7, 11) is 0. The van der Waals surface area contributed by atoms with Gasteiger partial charge in [-0.15, -0.1) is 0 Å². The molecule has 1 aliphatic rings. The van der Waals surface area contributed by atoms with Crippen LogP contribution in [-0.2, 0) is 29.1 Å². The van der Waals surface area contributed by atoms with Gasteiger partial charge in [0.1, 0.15) is 12.2 Å². The molecule has 1 atom stereocenters. The highest BCUT2D eigenvalue weighted by Crippen LogP contribution is 2.25. The molecule has 36 heavy (non-hydrogen) atoms. The van der Waals surface area contributed by atoms with Crippen LogP contribution >= 0.6 is 0 Å². The number of aryl methyl sites for hydroxylation is 1. The number of aromatic hydroxyl groups is 1. The minimum absolute atomic E-state index is 0.0490. The molecule has 0 spiro atoms. The highest BCUT2D eigenvalue weighted by Gasteiger charge is 2.26. The monoisotopic (exact) mass is 490 g/mol. The standard InChI is InChI=1S/C28H34N4O4/c1-19(2)15-23(24(33)17-31-14-8-13-20-9-6-7-12-22(20)16-31)29-25(34)18-32-27(35)26(30-28(32)36)21-10-4-3-5-11-21/h3-7,9-12,19,23,35H,8,13-18H2,1-2H3,(H,29,34)(H,30,36)/t23-/m0/s1. The number of aromatic nitrogens is 2. The Morgan fingerprint density at radius 3 is 2.44 bits per heavy atom. The van der Waals surface area contributed by atoms with Gasteiger partial charge in [-0.1, -0.05) is 68.4 Å². The third-order valence-corrected chi connectivity index (χ3v) is 6.56. The van der Waals surface area contributed by atoms with Crippen LogP contribution in [0.15, 0.2) is 59.4 Å². The fourth-order valence-corrected chi connectivity index (χ4v) is 4.77. The molecule has 1 aliphatic heterocycles. The first-order valence-corrected chi connectivity index (χ1v) is 12.5. The summed E-state index contributed by atoms with van der Waals surface area (Å²) in [6.07, 6.45) is 2.47. The number of H-pyrrole nitrogens is 1. The average molecular weight is 491 g/mol. The van der Waals surface area contributed by atoms with E-state index in [9.17, 15) is 19.5 Å². The van der Waals surface area contributed by atoms with Crippen molar-refractivity contribution in [3.8, 4) is 17.1 Å². The zero-order valence-corrected chi connectivity index (χ0v) is 20.9. The lowest BCUT2D eigenvalue weighted by molar-refractivity contribution is -0.129. The molecule has 3 N–H and O–H groups in total. The maximum Gasteiger partial charge on any atom is 0.329 e. The maximum atomic E-state index is 13.3. The van der Waals surface area contributed by atoms with Gasteiger partial charge >= 0.3 is 5.69 Å². The van der Waals surface area contributed by atoms with Crippen LogP contribution in [0.25, 0.3) is 11.3 Å². The lowest BCUT2D eigenvalue weighted by Crippen LogP contribution is -2.47. The molecule has 0 fully saturated rings. The van der Waals surface area contributed by atoms with Gasteiger partial charge in [-0.05, 0) is 42.9 Å². The molecule has 0 saturated heterocycles. The van der Waals surface area contributed by atoms with Crippen LogP contribution in [0.4, 0.5) is 0 Å². The minimum atomic E-state index is -0.665. The van der Waals surface area contributed by atoms with E-state index in [0.717, 1.165) is 24.0 Å². The fraction of sp³-hybridized carbons (Fsp3) is 0.393. The third-order valence-electron chi connectivity index (χ3n) is 6.56. The highest BCUT2D eigenvalue weighted by molar-refractivity contribution is 5.90. The molecule has 190 valence electrons. The zero-order chi connectivity index (χ0) is 25.7. The molecular formula is C28H34N4O4. The molecule has 0 aliphatic carbocycles. The number of amides is 1. The summed E-state index contributed by atoms with van der Waals surface area (Å²) >= 11 is 0. The smallest absolute Gasteiger partial charge is 0.329 e. The van der Waals surface area contributed by atoms with Gasteiger partial charge in [0.05, 0.1) is 12.6 Å². The summed E-state index contributed by atoms with van der Waals surface area (Å²) in [5.74, 6) is -0.660. The summed E-state index contributed by atoms with van der Waals surface area (Å²) in [4.78, 5) is 43.4. The van der Waals surface area contributed by atoms with Gasteiger partial charge < -0.3 is 15.4 Å². The molecule has 0 bridgehead atoms. The summed E-state index contributed by atoms with van der Waals surface area (Å²) in [5.41, 5.74) is 2.87. The van der Waals surface area contributed by atoms with Gasteiger partial charge in [0.2, 0.25) is 11.8 Å². The largest absolute Gasteiger partial charge is 0.493 e. The van der Waals surface area contributed by atoms with Crippen LogP contribution in [-0.4, -0.2) is 50.4 Å². The number of hydrogen-bond donors (Lipinski definition) is 3. The van der Waals surface area contributed by atoms with Gasteiger partial charge in [-0.3, -0.25) is 19.1 Å². The van der Waals surface area contributed by atoms with Gasteiger partial charge in [-0.2, -0.15) is 0 Å². The van der Waals surface area contributed by atoms with Crippen molar-refractivity contribution >= 4 is 11.7 Å². The fourth-order valence-electron chi connectivity index (χ4n) is 4.77. The number of aromatic amines is 1. The van der Waals surface area contributed by atoms with Crippen LogP contribution in [0, 0.1) is 5.92 Å². The van der Waals surface area contributed by atoms with Crippen molar-refractivity contribution in [3.05, 3.63) is 76.2 Å². The van der Waals surface area contributed by atoms with Gasteiger partial charge in [0, 0.05) is 12.1 Å². The Morgan fingerprint density at radius 1 is 1.03 bits per heavy atom. The Kier molecular flexibility index (Phi) is 8.05. The maximum absolute atomic E-state index is 13.3. The molecule has 8 heteroatoms. The van der Waals surface area contributed by atoms with Crippen LogP contribution in [0.2, 0.25) is 0 Å². The normalized spacial score (nSPS) is 14.8. The van der Waals surface area contributed by atoms with E-state index in [0.29, 0.717) is 18.5 Å². The minimum Gasteiger partial charge on any atom is -0.493 e. The molecule has 0 unspecified atom stereocenters. The van der Waals surface area contributed by atoms with E-state index in [1.165, 1.54) is 11.1 Å². The zero-order valence-electron chi connectivity index (χ0n) is 20.9. The molecular weight excluding hydrogens is 456 g/mol. The Morgan fingerprint density at radius 2 is 1.72 bits per heavy atom. The highest BCUT2D eigenvalue weighted by atomic mass is 16.3. The van der Waals surface area contributed by atoms with E-state index in [-0.39, 0.29) is 36.4 Å². The quantitative estimate of drug-likeness (QED) is 0.427. The Hall–Kier alpha value is -3.65. The molecule has 3 aromatic rings. The molecule has 2 aromatic carbocycles. The third kappa shape index (κ3) is 6.12. The van der Waals surface area contributed by atoms with E-state index in [1.54, 1.807) is 24.3 Å². The van der Waals surface area contributed by atoms with Gasteiger partial charge in [0.15, 0.2) is 5.78 Å².